The van der Waals surface area contributed by atoms with Crippen LogP contribution in [0.4, 0.5) is 0 Å². The summed E-state index contributed by atoms with van der Waals surface area (Å²) in [6, 6.07) is 0. The smallest absolute Gasteiger partial charge is 0.303 e. The molecule has 0 heterocycles. The van der Waals surface area contributed by atoms with Crippen molar-refractivity contribution in [2.45, 2.75) is 58.3 Å². The maximum Gasteiger partial charge on any atom is 0.303 e. The number of hydrogen-bond acceptors (Lipinski definition) is 2. The van der Waals surface area contributed by atoms with E-state index in [0.29, 0.717) is 12.5 Å². The standard InChI is InChI=1S/C13H25NO2/c1-2-3-4-5-6-11-7-8-13(11,10-14)9-12(15)16/h11H,2-10,14H2,1H3,(H,15,16)/t11-,13+/m1/s1. The molecule has 3 nitrogen and oxygen atoms in total. The summed E-state index contributed by atoms with van der Waals surface area (Å²) >= 11 is 0. The Balaban J connectivity index is 2.33. The van der Waals surface area contributed by atoms with Gasteiger partial charge in [-0.25, -0.2) is 0 Å². The maximum absolute atomic E-state index is 10.8. The summed E-state index contributed by atoms with van der Waals surface area (Å²) in [7, 11) is 0. The van der Waals surface area contributed by atoms with Crippen LogP contribution in [0.1, 0.15) is 58.3 Å². The lowest BCUT2D eigenvalue weighted by Gasteiger charge is -2.48. The van der Waals surface area contributed by atoms with Crippen molar-refractivity contribution < 1.29 is 9.90 Å². The van der Waals surface area contributed by atoms with E-state index in [0.717, 1.165) is 6.42 Å². The van der Waals surface area contributed by atoms with Crippen LogP contribution >= 0.6 is 0 Å². The topological polar surface area (TPSA) is 63.3 Å². The lowest BCUT2D eigenvalue weighted by molar-refractivity contribution is -0.143. The molecule has 1 aliphatic rings. The van der Waals surface area contributed by atoms with Gasteiger partial charge in [0.15, 0.2) is 0 Å². The van der Waals surface area contributed by atoms with Crippen molar-refractivity contribution in [1.82, 2.24) is 0 Å². The van der Waals surface area contributed by atoms with Crippen molar-refractivity contribution in [3.63, 3.8) is 0 Å². The van der Waals surface area contributed by atoms with Crippen molar-refractivity contribution in [2.75, 3.05) is 6.54 Å². The highest BCUT2D eigenvalue weighted by molar-refractivity contribution is 5.68. The molecule has 0 bridgehead atoms. The van der Waals surface area contributed by atoms with Gasteiger partial charge in [0.05, 0.1) is 6.42 Å². The van der Waals surface area contributed by atoms with Gasteiger partial charge in [-0.1, -0.05) is 32.6 Å². The molecular weight excluding hydrogens is 202 g/mol. The molecule has 1 fully saturated rings. The second-order valence-corrected chi connectivity index (χ2v) is 5.22. The third-order valence-corrected chi connectivity index (χ3v) is 4.17. The van der Waals surface area contributed by atoms with Gasteiger partial charge in [0.2, 0.25) is 0 Å². The molecule has 0 amide bonds. The Morgan fingerprint density at radius 3 is 2.62 bits per heavy atom. The Kier molecular flexibility index (Phi) is 5.26. The highest BCUT2D eigenvalue weighted by Crippen LogP contribution is 2.51. The van der Waals surface area contributed by atoms with Gasteiger partial charge in [-0.3, -0.25) is 4.79 Å². The second kappa shape index (κ2) is 6.24. The van der Waals surface area contributed by atoms with Gasteiger partial charge < -0.3 is 10.8 Å². The van der Waals surface area contributed by atoms with Gasteiger partial charge in [0, 0.05) is 0 Å². The molecule has 3 heteroatoms. The van der Waals surface area contributed by atoms with Crippen molar-refractivity contribution in [3.8, 4) is 0 Å². The molecule has 16 heavy (non-hydrogen) atoms. The van der Waals surface area contributed by atoms with Gasteiger partial charge >= 0.3 is 5.97 Å². The molecule has 0 aliphatic heterocycles. The van der Waals surface area contributed by atoms with E-state index < -0.39 is 5.97 Å². The Labute approximate surface area is 98.4 Å². The van der Waals surface area contributed by atoms with E-state index in [9.17, 15) is 4.79 Å². The zero-order valence-corrected chi connectivity index (χ0v) is 10.4. The second-order valence-electron chi connectivity index (χ2n) is 5.22. The predicted octanol–water partition coefficient (Wildman–Crippen LogP) is 2.79. The number of rotatable bonds is 8. The quantitative estimate of drug-likeness (QED) is 0.627. The van der Waals surface area contributed by atoms with Crippen LogP contribution in [-0.2, 0) is 4.79 Å². The van der Waals surface area contributed by atoms with Crippen molar-refractivity contribution >= 4 is 5.97 Å². The molecule has 1 rings (SSSR count). The van der Waals surface area contributed by atoms with E-state index in [2.05, 4.69) is 6.92 Å². The Morgan fingerprint density at radius 1 is 1.44 bits per heavy atom. The number of nitrogens with two attached hydrogens (primary N) is 1. The molecule has 2 atom stereocenters. The minimum absolute atomic E-state index is 0.0714. The third-order valence-electron chi connectivity index (χ3n) is 4.17. The van der Waals surface area contributed by atoms with Crippen LogP contribution in [0.5, 0.6) is 0 Å². The van der Waals surface area contributed by atoms with Gasteiger partial charge in [0.1, 0.15) is 0 Å². The van der Waals surface area contributed by atoms with E-state index in [4.69, 9.17) is 10.8 Å². The average Bonchev–Trinajstić information content (AvgIpc) is 2.23. The molecule has 0 aromatic heterocycles. The Hall–Kier alpha value is -0.570. The highest BCUT2D eigenvalue weighted by Gasteiger charge is 2.46. The van der Waals surface area contributed by atoms with Crippen LogP contribution in [-0.4, -0.2) is 17.6 Å². The summed E-state index contributed by atoms with van der Waals surface area (Å²) in [6.45, 7) is 2.75. The summed E-state index contributed by atoms with van der Waals surface area (Å²) < 4.78 is 0. The molecule has 1 aliphatic carbocycles. The van der Waals surface area contributed by atoms with Gasteiger partial charge in [-0.2, -0.15) is 0 Å². The van der Waals surface area contributed by atoms with Gasteiger partial charge in [-0.15, -0.1) is 0 Å². The molecule has 1 saturated carbocycles. The number of carboxylic acid groups (broad SMARTS) is 1. The molecule has 3 N–H and O–H groups in total. The van der Waals surface area contributed by atoms with Gasteiger partial charge in [0.25, 0.3) is 0 Å². The van der Waals surface area contributed by atoms with Crippen LogP contribution in [0.2, 0.25) is 0 Å². The first-order valence-corrected chi connectivity index (χ1v) is 6.56. The predicted molar refractivity (Wildman–Crippen MR) is 65.2 cm³/mol. The normalized spacial score (nSPS) is 28.8. The number of unbranched alkanes of at least 4 members (excludes halogenated alkanes) is 3. The van der Waals surface area contributed by atoms with Crippen LogP contribution in [0.3, 0.4) is 0 Å². The number of hydrogen-bond donors (Lipinski definition) is 2. The summed E-state index contributed by atoms with van der Waals surface area (Å²) in [6.07, 6.45) is 8.68. The Morgan fingerprint density at radius 2 is 2.19 bits per heavy atom. The van der Waals surface area contributed by atoms with Crippen LogP contribution in [0.25, 0.3) is 0 Å². The minimum Gasteiger partial charge on any atom is -0.481 e. The zero-order valence-electron chi connectivity index (χ0n) is 10.4. The van der Waals surface area contributed by atoms with Crippen LogP contribution < -0.4 is 5.73 Å². The molecule has 0 radical (unpaired) electrons. The van der Waals surface area contributed by atoms with E-state index >= 15 is 0 Å². The van der Waals surface area contributed by atoms with E-state index in [1.807, 2.05) is 0 Å². The fraction of sp³-hybridized carbons (Fsp3) is 0.923. The molecule has 0 aromatic rings. The minimum atomic E-state index is -0.691. The summed E-state index contributed by atoms with van der Waals surface area (Å²) in [5, 5.41) is 8.92. The molecule has 0 aromatic carbocycles. The van der Waals surface area contributed by atoms with Gasteiger partial charge in [-0.05, 0) is 37.1 Å². The summed E-state index contributed by atoms with van der Waals surface area (Å²) in [5.74, 6) is -0.130. The first kappa shape index (κ1) is 13.5. The molecule has 0 spiro atoms. The largest absolute Gasteiger partial charge is 0.481 e. The van der Waals surface area contributed by atoms with E-state index in [1.54, 1.807) is 0 Å². The molecule has 0 saturated heterocycles. The first-order chi connectivity index (χ1) is 7.64. The van der Waals surface area contributed by atoms with Crippen molar-refractivity contribution in [2.24, 2.45) is 17.1 Å². The highest BCUT2D eigenvalue weighted by atomic mass is 16.4. The molecule has 0 unspecified atom stereocenters. The summed E-state index contributed by atoms with van der Waals surface area (Å²) in [5.41, 5.74) is 5.70. The number of carbonyl (C=O) groups is 1. The molecule has 94 valence electrons. The fourth-order valence-electron chi connectivity index (χ4n) is 2.90. The first-order valence-electron chi connectivity index (χ1n) is 6.56. The summed E-state index contributed by atoms with van der Waals surface area (Å²) in [4.78, 5) is 10.8. The van der Waals surface area contributed by atoms with E-state index in [1.165, 1.54) is 38.5 Å². The van der Waals surface area contributed by atoms with Crippen LogP contribution in [0, 0.1) is 11.3 Å². The lowest BCUT2D eigenvalue weighted by atomic mass is 9.57. The zero-order chi connectivity index (χ0) is 12.0. The number of carboxylic acids is 1. The monoisotopic (exact) mass is 227 g/mol. The third kappa shape index (κ3) is 3.21. The SMILES string of the molecule is CCCCCC[C@@H]1CC[C@@]1(CN)CC(=O)O. The van der Waals surface area contributed by atoms with E-state index in [-0.39, 0.29) is 11.8 Å². The average molecular weight is 227 g/mol. The number of aliphatic carboxylic acids is 1. The molecular formula is C13H25NO2. The van der Waals surface area contributed by atoms with Crippen molar-refractivity contribution in [3.05, 3.63) is 0 Å². The maximum atomic E-state index is 10.8. The lowest BCUT2D eigenvalue weighted by Crippen LogP contribution is -2.47. The fourth-order valence-corrected chi connectivity index (χ4v) is 2.90. The van der Waals surface area contributed by atoms with Crippen molar-refractivity contribution in [1.29, 1.82) is 0 Å². The van der Waals surface area contributed by atoms with Crippen LogP contribution in [0.15, 0.2) is 0 Å². The Bertz CT molecular complexity index is 226.